The lowest BCUT2D eigenvalue weighted by molar-refractivity contribution is -0.118. The molecule has 5 nitrogen and oxygen atoms in total. The average molecular weight is 309 g/mol. The predicted molar refractivity (Wildman–Crippen MR) is 86.9 cm³/mol. The Hall–Kier alpha value is -2.73. The molecule has 1 amide bonds. The normalized spacial score (nSPS) is 13.9. The predicted octanol–water partition coefficient (Wildman–Crippen LogP) is 3.19. The van der Waals surface area contributed by atoms with E-state index in [0.717, 1.165) is 20.8 Å². The number of carbonyl (C=O) groups excluding carboxylic acids is 1. The molecule has 0 unspecified atom stereocenters. The van der Waals surface area contributed by atoms with E-state index in [0.29, 0.717) is 11.4 Å². The number of benzene rings is 1. The summed E-state index contributed by atoms with van der Waals surface area (Å²) in [6.07, 6.45) is 7.44. The maximum Gasteiger partial charge on any atom is 0.262 e. The van der Waals surface area contributed by atoms with Crippen LogP contribution in [0.1, 0.15) is 10.6 Å². The van der Waals surface area contributed by atoms with Crippen LogP contribution in [0.4, 0.5) is 5.69 Å². The van der Waals surface area contributed by atoms with Gasteiger partial charge in [-0.25, -0.2) is 4.98 Å². The minimum atomic E-state index is -0.132. The highest BCUT2D eigenvalue weighted by Crippen LogP contribution is 2.29. The van der Waals surface area contributed by atoms with E-state index in [1.807, 2.05) is 36.4 Å². The van der Waals surface area contributed by atoms with Crippen molar-refractivity contribution in [2.24, 2.45) is 0 Å². The number of ether oxygens (including phenoxy) is 1. The molecule has 3 aromatic rings. The van der Waals surface area contributed by atoms with Gasteiger partial charge in [0.25, 0.3) is 5.91 Å². The highest BCUT2D eigenvalue weighted by molar-refractivity contribution is 7.19. The van der Waals surface area contributed by atoms with Crippen LogP contribution in [0.25, 0.3) is 22.4 Å². The van der Waals surface area contributed by atoms with Crippen LogP contribution in [0.15, 0.2) is 36.7 Å². The van der Waals surface area contributed by atoms with Crippen LogP contribution >= 0.6 is 11.3 Å². The Balaban J connectivity index is 1.62. The Morgan fingerprint density at radius 1 is 1.27 bits per heavy atom. The number of hydrogen-bond acceptors (Lipinski definition) is 5. The Kier molecular flexibility index (Phi) is 3.08. The Morgan fingerprint density at radius 2 is 2.23 bits per heavy atom. The Labute approximate surface area is 130 Å². The molecule has 0 aliphatic carbocycles. The van der Waals surface area contributed by atoms with Crippen molar-refractivity contribution in [3.63, 3.8) is 0 Å². The van der Waals surface area contributed by atoms with Crippen molar-refractivity contribution in [2.75, 3.05) is 11.9 Å². The molecule has 0 bridgehead atoms. The fourth-order valence-electron chi connectivity index (χ4n) is 2.24. The molecular weight excluding hydrogens is 298 g/mol. The van der Waals surface area contributed by atoms with Crippen LogP contribution in [-0.4, -0.2) is 22.5 Å². The van der Waals surface area contributed by atoms with E-state index in [2.05, 4.69) is 15.3 Å². The molecule has 0 fully saturated rings. The zero-order valence-electron chi connectivity index (χ0n) is 11.4. The first kappa shape index (κ1) is 13.0. The third-order valence-electron chi connectivity index (χ3n) is 3.26. The number of rotatable bonds is 2. The molecule has 1 aliphatic rings. The summed E-state index contributed by atoms with van der Waals surface area (Å²) in [6.45, 7) is 0.0714. The largest absolute Gasteiger partial charge is 0.482 e. The van der Waals surface area contributed by atoms with Gasteiger partial charge in [0.2, 0.25) is 0 Å². The summed E-state index contributed by atoms with van der Waals surface area (Å²) in [5.41, 5.74) is 2.58. The molecular formula is C16H11N3O2S. The summed E-state index contributed by atoms with van der Waals surface area (Å²) in [7, 11) is 0. The summed E-state index contributed by atoms with van der Waals surface area (Å²) in [6, 6.07) is 7.65. The minimum absolute atomic E-state index is 0.0714. The van der Waals surface area contributed by atoms with E-state index in [1.165, 1.54) is 0 Å². The average Bonchev–Trinajstić information content (AvgIpc) is 2.95. The number of amides is 1. The maximum absolute atomic E-state index is 11.3. The van der Waals surface area contributed by atoms with Gasteiger partial charge in [-0.3, -0.25) is 9.78 Å². The third kappa shape index (κ3) is 2.44. The van der Waals surface area contributed by atoms with Gasteiger partial charge < -0.3 is 10.1 Å². The monoisotopic (exact) mass is 309 g/mol. The van der Waals surface area contributed by atoms with E-state index in [1.54, 1.807) is 23.7 Å². The van der Waals surface area contributed by atoms with Crippen LogP contribution in [0.5, 0.6) is 5.75 Å². The first-order valence-electron chi connectivity index (χ1n) is 6.73. The van der Waals surface area contributed by atoms with E-state index in [-0.39, 0.29) is 12.5 Å². The minimum Gasteiger partial charge on any atom is -0.482 e. The van der Waals surface area contributed by atoms with Crippen LogP contribution in [-0.2, 0) is 4.79 Å². The van der Waals surface area contributed by atoms with Crippen molar-refractivity contribution in [2.45, 2.75) is 0 Å². The Bertz CT molecular complexity index is 868. The van der Waals surface area contributed by atoms with Crippen molar-refractivity contribution in [3.8, 4) is 5.75 Å². The van der Waals surface area contributed by atoms with E-state index in [4.69, 9.17) is 4.74 Å². The number of carbonyl (C=O) groups is 1. The second-order valence-corrected chi connectivity index (χ2v) is 5.88. The lowest BCUT2D eigenvalue weighted by Gasteiger charge is -2.17. The van der Waals surface area contributed by atoms with Gasteiger partial charge in [0, 0.05) is 6.20 Å². The number of anilines is 1. The molecule has 0 saturated heterocycles. The Morgan fingerprint density at radius 3 is 3.14 bits per heavy atom. The highest BCUT2D eigenvalue weighted by atomic mass is 32.1. The SMILES string of the molecule is O=C1COc2ccc(C=Cc3nc4cnccc4s3)cc2N1. The number of pyridine rings is 1. The molecule has 1 N–H and O–H groups in total. The summed E-state index contributed by atoms with van der Waals surface area (Å²) < 4.78 is 6.45. The third-order valence-corrected chi connectivity index (χ3v) is 4.26. The number of nitrogens with one attached hydrogen (secondary N) is 1. The topological polar surface area (TPSA) is 64.1 Å². The highest BCUT2D eigenvalue weighted by Gasteiger charge is 2.15. The van der Waals surface area contributed by atoms with Crippen LogP contribution in [0.2, 0.25) is 0 Å². The van der Waals surface area contributed by atoms with Crippen molar-refractivity contribution < 1.29 is 9.53 Å². The first-order valence-corrected chi connectivity index (χ1v) is 7.55. The molecule has 2 aromatic heterocycles. The molecule has 22 heavy (non-hydrogen) atoms. The second-order valence-electron chi connectivity index (χ2n) is 4.82. The molecule has 0 radical (unpaired) electrons. The molecule has 1 aromatic carbocycles. The number of hydrogen-bond donors (Lipinski definition) is 1. The number of aromatic nitrogens is 2. The quantitative estimate of drug-likeness (QED) is 0.789. The van der Waals surface area contributed by atoms with Gasteiger partial charge in [-0.05, 0) is 29.8 Å². The molecule has 0 spiro atoms. The van der Waals surface area contributed by atoms with E-state index in [9.17, 15) is 4.79 Å². The van der Waals surface area contributed by atoms with Crippen LogP contribution in [0, 0.1) is 0 Å². The van der Waals surface area contributed by atoms with Gasteiger partial charge in [-0.2, -0.15) is 0 Å². The molecule has 3 heterocycles. The molecule has 6 heteroatoms. The molecule has 108 valence electrons. The molecule has 0 atom stereocenters. The fourth-order valence-corrected chi connectivity index (χ4v) is 3.08. The van der Waals surface area contributed by atoms with Gasteiger partial charge >= 0.3 is 0 Å². The number of fused-ring (bicyclic) bond motifs is 2. The molecule has 0 saturated carbocycles. The van der Waals surface area contributed by atoms with Crippen LogP contribution < -0.4 is 10.1 Å². The van der Waals surface area contributed by atoms with E-state index >= 15 is 0 Å². The standard InChI is InChI=1S/C16H11N3O2S/c20-15-9-21-13-3-1-10(7-11(13)18-15)2-4-16-19-12-8-17-6-5-14(12)22-16/h1-8H,9H2,(H,18,20). The van der Waals surface area contributed by atoms with Crippen molar-refractivity contribution in [1.82, 2.24) is 9.97 Å². The van der Waals surface area contributed by atoms with Crippen molar-refractivity contribution in [1.29, 1.82) is 0 Å². The van der Waals surface area contributed by atoms with Gasteiger partial charge in [-0.1, -0.05) is 12.1 Å². The van der Waals surface area contributed by atoms with Gasteiger partial charge in [0.05, 0.1) is 16.6 Å². The van der Waals surface area contributed by atoms with Gasteiger partial charge in [0.1, 0.15) is 16.3 Å². The van der Waals surface area contributed by atoms with E-state index < -0.39 is 0 Å². The van der Waals surface area contributed by atoms with Crippen molar-refractivity contribution >= 4 is 45.3 Å². The molecule has 1 aliphatic heterocycles. The smallest absolute Gasteiger partial charge is 0.262 e. The summed E-state index contributed by atoms with van der Waals surface area (Å²) in [4.78, 5) is 19.9. The van der Waals surface area contributed by atoms with Crippen LogP contribution in [0.3, 0.4) is 0 Å². The summed E-state index contributed by atoms with van der Waals surface area (Å²) in [5, 5.41) is 3.72. The molecule has 4 rings (SSSR count). The lowest BCUT2D eigenvalue weighted by Crippen LogP contribution is -2.25. The zero-order valence-corrected chi connectivity index (χ0v) is 12.3. The zero-order chi connectivity index (χ0) is 14.9. The number of nitrogens with zero attached hydrogens (tertiary/aromatic N) is 2. The van der Waals surface area contributed by atoms with Crippen molar-refractivity contribution in [3.05, 3.63) is 47.2 Å². The fraction of sp³-hybridized carbons (Fsp3) is 0.0625. The lowest BCUT2D eigenvalue weighted by atomic mass is 10.1. The maximum atomic E-state index is 11.3. The summed E-state index contributed by atoms with van der Waals surface area (Å²) >= 11 is 1.61. The number of thiazole rings is 1. The van der Waals surface area contributed by atoms with Gasteiger partial charge in [0.15, 0.2) is 6.61 Å². The van der Waals surface area contributed by atoms with Gasteiger partial charge in [-0.15, -0.1) is 11.3 Å². The summed E-state index contributed by atoms with van der Waals surface area (Å²) in [5.74, 6) is 0.565. The second kappa shape index (κ2) is 5.23. The first-order chi connectivity index (χ1) is 10.8.